The van der Waals surface area contributed by atoms with Gasteiger partial charge >= 0.3 is 0 Å². The number of hydrogen-bond donors (Lipinski definition) is 1. The topological polar surface area (TPSA) is 46.3 Å². The zero-order valence-electron chi connectivity index (χ0n) is 12.4. The molecule has 1 saturated heterocycles. The van der Waals surface area contributed by atoms with E-state index < -0.39 is 0 Å². The van der Waals surface area contributed by atoms with Crippen LogP contribution in [0.1, 0.15) is 64.7 Å². The van der Waals surface area contributed by atoms with E-state index in [1.54, 1.807) is 0 Å². The molecule has 2 rings (SSSR count). The van der Waals surface area contributed by atoms with Gasteiger partial charge in [-0.05, 0) is 44.1 Å². The minimum Gasteiger partial charge on any atom is -0.339 e. The van der Waals surface area contributed by atoms with Crippen molar-refractivity contribution in [2.45, 2.75) is 70.8 Å². The molecule has 0 aromatic rings. The molecule has 19 heavy (non-hydrogen) atoms. The van der Waals surface area contributed by atoms with Crippen molar-refractivity contribution in [1.82, 2.24) is 4.90 Å². The largest absolute Gasteiger partial charge is 0.339 e. The van der Waals surface area contributed by atoms with Gasteiger partial charge in [0.05, 0.1) is 0 Å². The highest BCUT2D eigenvalue weighted by Crippen LogP contribution is 2.34. The first-order valence-corrected chi connectivity index (χ1v) is 8.25. The Kier molecular flexibility index (Phi) is 5.68. The molecule has 110 valence electrons. The lowest BCUT2D eigenvalue weighted by molar-refractivity contribution is -0.134. The zero-order chi connectivity index (χ0) is 13.7. The van der Waals surface area contributed by atoms with Gasteiger partial charge in [0.15, 0.2) is 0 Å². The predicted octanol–water partition coefficient (Wildman–Crippen LogP) is 2.93. The van der Waals surface area contributed by atoms with E-state index in [1.165, 1.54) is 44.9 Å². The van der Waals surface area contributed by atoms with Crippen LogP contribution >= 0.6 is 0 Å². The van der Waals surface area contributed by atoms with Gasteiger partial charge in [-0.1, -0.05) is 32.6 Å². The minimum absolute atomic E-state index is 0.366. The number of nitrogens with two attached hydrogens (primary N) is 1. The van der Waals surface area contributed by atoms with Crippen LogP contribution in [0, 0.1) is 11.8 Å². The summed E-state index contributed by atoms with van der Waals surface area (Å²) in [5.41, 5.74) is 5.74. The van der Waals surface area contributed by atoms with Crippen molar-refractivity contribution >= 4 is 5.91 Å². The van der Waals surface area contributed by atoms with Crippen molar-refractivity contribution in [3.8, 4) is 0 Å². The van der Waals surface area contributed by atoms with Crippen molar-refractivity contribution in [1.29, 1.82) is 0 Å². The molecule has 0 spiro atoms. The van der Waals surface area contributed by atoms with Crippen molar-refractivity contribution in [2.75, 3.05) is 13.1 Å². The summed E-state index contributed by atoms with van der Waals surface area (Å²) in [6, 6.07) is 0.545. The van der Waals surface area contributed by atoms with Crippen LogP contribution in [0.2, 0.25) is 0 Å². The van der Waals surface area contributed by atoms with Gasteiger partial charge in [-0.2, -0.15) is 0 Å². The van der Waals surface area contributed by atoms with Crippen molar-refractivity contribution in [3.63, 3.8) is 0 Å². The molecule has 2 unspecified atom stereocenters. The van der Waals surface area contributed by atoms with E-state index in [1.807, 2.05) is 0 Å². The average molecular weight is 266 g/mol. The third kappa shape index (κ3) is 3.71. The maximum atomic E-state index is 12.5. The summed E-state index contributed by atoms with van der Waals surface area (Å²) in [5.74, 6) is 1.52. The van der Waals surface area contributed by atoms with E-state index in [0.29, 0.717) is 30.8 Å². The summed E-state index contributed by atoms with van der Waals surface area (Å²) in [6.45, 7) is 3.76. The highest BCUT2D eigenvalue weighted by atomic mass is 16.2. The van der Waals surface area contributed by atoms with E-state index in [9.17, 15) is 4.79 Å². The maximum Gasteiger partial charge on any atom is 0.223 e. The van der Waals surface area contributed by atoms with E-state index in [0.717, 1.165) is 18.9 Å². The summed E-state index contributed by atoms with van der Waals surface area (Å²) in [6.07, 6.45) is 10.9. The Morgan fingerprint density at radius 2 is 1.95 bits per heavy atom. The molecule has 1 aliphatic carbocycles. The number of rotatable bonds is 5. The monoisotopic (exact) mass is 266 g/mol. The Bertz CT molecular complexity index is 282. The fourth-order valence-electron chi connectivity index (χ4n) is 3.87. The Morgan fingerprint density at radius 3 is 2.58 bits per heavy atom. The summed E-state index contributed by atoms with van der Waals surface area (Å²) in [7, 11) is 0. The number of carbonyl (C=O) groups is 1. The first kappa shape index (κ1) is 14.8. The first-order chi connectivity index (χ1) is 9.26. The van der Waals surface area contributed by atoms with Crippen LogP contribution in [0.5, 0.6) is 0 Å². The van der Waals surface area contributed by atoms with E-state index in [2.05, 4.69) is 11.8 Å². The van der Waals surface area contributed by atoms with Crippen LogP contribution in [0.4, 0.5) is 0 Å². The molecule has 0 radical (unpaired) electrons. The molecular formula is C16H30N2O. The molecule has 0 bridgehead atoms. The molecule has 2 aliphatic rings. The Balaban J connectivity index is 1.91. The molecule has 0 aromatic carbocycles. The predicted molar refractivity (Wildman–Crippen MR) is 78.8 cm³/mol. The maximum absolute atomic E-state index is 12.5. The standard InChI is InChI=1S/C16H30N2O/c1-2-13(12-17)11-16(19)18-10-6-9-15(18)14-7-4-3-5-8-14/h13-15H,2-12,17H2,1H3. The molecule has 2 atom stereocenters. The fraction of sp³-hybridized carbons (Fsp3) is 0.938. The summed E-state index contributed by atoms with van der Waals surface area (Å²) in [5, 5.41) is 0. The molecule has 2 fully saturated rings. The summed E-state index contributed by atoms with van der Waals surface area (Å²) >= 11 is 0. The van der Waals surface area contributed by atoms with Crippen LogP contribution < -0.4 is 5.73 Å². The van der Waals surface area contributed by atoms with Gasteiger partial charge < -0.3 is 10.6 Å². The zero-order valence-corrected chi connectivity index (χ0v) is 12.4. The highest BCUT2D eigenvalue weighted by molar-refractivity contribution is 5.77. The van der Waals surface area contributed by atoms with Gasteiger partial charge in [-0.3, -0.25) is 4.79 Å². The molecule has 1 aliphatic heterocycles. The minimum atomic E-state index is 0.366. The number of hydrogen-bond acceptors (Lipinski definition) is 2. The lowest BCUT2D eigenvalue weighted by Crippen LogP contribution is -2.41. The number of carbonyl (C=O) groups excluding carboxylic acids is 1. The molecule has 1 amide bonds. The van der Waals surface area contributed by atoms with Crippen LogP contribution in [-0.4, -0.2) is 29.9 Å². The molecule has 1 saturated carbocycles. The third-order valence-electron chi connectivity index (χ3n) is 5.19. The van der Waals surface area contributed by atoms with Gasteiger partial charge in [0, 0.05) is 19.0 Å². The van der Waals surface area contributed by atoms with Crippen molar-refractivity contribution in [2.24, 2.45) is 17.6 Å². The molecule has 1 heterocycles. The van der Waals surface area contributed by atoms with Crippen LogP contribution in [0.3, 0.4) is 0 Å². The average Bonchev–Trinajstić information content (AvgIpc) is 2.95. The highest BCUT2D eigenvalue weighted by Gasteiger charge is 2.35. The van der Waals surface area contributed by atoms with E-state index in [-0.39, 0.29) is 0 Å². The van der Waals surface area contributed by atoms with Gasteiger partial charge in [0.2, 0.25) is 5.91 Å². The second-order valence-corrected chi connectivity index (χ2v) is 6.41. The van der Waals surface area contributed by atoms with Gasteiger partial charge in [0.25, 0.3) is 0 Å². The lowest BCUT2D eigenvalue weighted by Gasteiger charge is -2.34. The van der Waals surface area contributed by atoms with Gasteiger partial charge in [-0.15, -0.1) is 0 Å². The Labute approximate surface area is 117 Å². The number of nitrogens with zero attached hydrogens (tertiary/aromatic N) is 1. The number of likely N-dealkylation sites (tertiary alicyclic amines) is 1. The van der Waals surface area contributed by atoms with Crippen molar-refractivity contribution < 1.29 is 4.79 Å². The van der Waals surface area contributed by atoms with Crippen LogP contribution in [0.15, 0.2) is 0 Å². The lowest BCUT2D eigenvalue weighted by atomic mass is 9.83. The Hall–Kier alpha value is -0.570. The second kappa shape index (κ2) is 7.28. The Morgan fingerprint density at radius 1 is 1.21 bits per heavy atom. The van der Waals surface area contributed by atoms with E-state index in [4.69, 9.17) is 5.73 Å². The quantitative estimate of drug-likeness (QED) is 0.831. The normalized spacial score (nSPS) is 26.6. The van der Waals surface area contributed by atoms with Gasteiger partial charge in [-0.25, -0.2) is 0 Å². The smallest absolute Gasteiger partial charge is 0.223 e. The first-order valence-electron chi connectivity index (χ1n) is 8.25. The summed E-state index contributed by atoms with van der Waals surface area (Å²) in [4.78, 5) is 14.7. The molecule has 2 N–H and O–H groups in total. The van der Waals surface area contributed by atoms with Gasteiger partial charge in [0.1, 0.15) is 0 Å². The SMILES string of the molecule is CCC(CN)CC(=O)N1CCCC1C1CCCCC1. The second-order valence-electron chi connectivity index (χ2n) is 6.41. The van der Waals surface area contributed by atoms with E-state index >= 15 is 0 Å². The molecule has 0 aromatic heterocycles. The fourth-order valence-corrected chi connectivity index (χ4v) is 3.87. The van der Waals surface area contributed by atoms with Crippen LogP contribution in [0.25, 0.3) is 0 Å². The molecule has 3 nitrogen and oxygen atoms in total. The van der Waals surface area contributed by atoms with Crippen LogP contribution in [-0.2, 0) is 4.79 Å². The third-order valence-corrected chi connectivity index (χ3v) is 5.19. The van der Waals surface area contributed by atoms with Crippen molar-refractivity contribution in [3.05, 3.63) is 0 Å². The molecule has 3 heteroatoms. The molecular weight excluding hydrogens is 236 g/mol. The summed E-state index contributed by atoms with van der Waals surface area (Å²) < 4.78 is 0. The number of amides is 1.